The van der Waals surface area contributed by atoms with Gasteiger partial charge in [0, 0.05) is 12.5 Å². The van der Waals surface area contributed by atoms with Crippen LogP contribution in [0, 0.1) is 17.8 Å². The molecule has 1 unspecified atom stereocenters. The van der Waals surface area contributed by atoms with Crippen molar-refractivity contribution in [3.8, 4) is 0 Å². The zero-order chi connectivity index (χ0) is 14.3. The molecule has 1 aliphatic rings. The van der Waals surface area contributed by atoms with Crippen LogP contribution < -0.4 is 5.32 Å². The highest BCUT2D eigenvalue weighted by Crippen LogP contribution is 2.30. The van der Waals surface area contributed by atoms with Crippen molar-refractivity contribution in [3.63, 3.8) is 0 Å². The molecule has 0 aromatic carbocycles. The first-order valence-corrected chi connectivity index (χ1v) is 7.58. The Bertz CT molecular complexity index is 296. The number of amides is 1. The minimum Gasteiger partial charge on any atom is -0.481 e. The van der Waals surface area contributed by atoms with E-state index in [0.717, 1.165) is 38.0 Å². The summed E-state index contributed by atoms with van der Waals surface area (Å²) in [6, 6.07) is 0. The van der Waals surface area contributed by atoms with Crippen molar-refractivity contribution >= 4 is 11.9 Å². The number of carboxylic acid groups (broad SMARTS) is 1. The van der Waals surface area contributed by atoms with Crippen molar-refractivity contribution in [1.82, 2.24) is 5.32 Å². The maximum absolute atomic E-state index is 12.0. The number of carboxylic acids is 1. The summed E-state index contributed by atoms with van der Waals surface area (Å²) < 4.78 is 0. The van der Waals surface area contributed by atoms with E-state index in [0.29, 0.717) is 6.42 Å². The smallest absolute Gasteiger partial charge is 0.308 e. The van der Waals surface area contributed by atoms with Gasteiger partial charge in [-0.3, -0.25) is 9.59 Å². The largest absolute Gasteiger partial charge is 0.481 e. The molecule has 1 amide bonds. The monoisotopic (exact) mass is 269 g/mol. The van der Waals surface area contributed by atoms with Crippen molar-refractivity contribution in [3.05, 3.63) is 0 Å². The Morgan fingerprint density at radius 3 is 2.32 bits per heavy atom. The molecular formula is C15H27NO3. The van der Waals surface area contributed by atoms with E-state index >= 15 is 0 Å². The summed E-state index contributed by atoms with van der Waals surface area (Å²) in [7, 11) is 0. The number of nitrogens with one attached hydrogen (secondary N) is 1. The molecule has 0 aromatic heterocycles. The molecule has 19 heavy (non-hydrogen) atoms. The van der Waals surface area contributed by atoms with Gasteiger partial charge in [-0.15, -0.1) is 0 Å². The second-order valence-corrected chi connectivity index (χ2v) is 5.69. The van der Waals surface area contributed by atoms with Crippen molar-refractivity contribution in [2.45, 2.75) is 58.8 Å². The van der Waals surface area contributed by atoms with Crippen LogP contribution in [0.25, 0.3) is 0 Å². The molecule has 0 aliphatic heterocycles. The van der Waals surface area contributed by atoms with Gasteiger partial charge in [0.2, 0.25) is 5.91 Å². The zero-order valence-electron chi connectivity index (χ0n) is 12.2. The van der Waals surface area contributed by atoms with Gasteiger partial charge >= 0.3 is 5.97 Å². The maximum atomic E-state index is 12.0. The Hall–Kier alpha value is -1.06. The molecule has 1 aliphatic carbocycles. The number of hydrogen-bond donors (Lipinski definition) is 2. The Balaban J connectivity index is 2.32. The summed E-state index contributed by atoms with van der Waals surface area (Å²) >= 11 is 0. The van der Waals surface area contributed by atoms with Gasteiger partial charge in [0.05, 0.1) is 5.92 Å². The highest BCUT2D eigenvalue weighted by atomic mass is 16.4. The molecule has 0 radical (unpaired) electrons. The van der Waals surface area contributed by atoms with Gasteiger partial charge in [0.25, 0.3) is 0 Å². The van der Waals surface area contributed by atoms with E-state index in [2.05, 4.69) is 12.2 Å². The third kappa shape index (κ3) is 5.21. The summed E-state index contributed by atoms with van der Waals surface area (Å²) in [5.41, 5.74) is 0. The molecule has 4 nitrogen and oxygen atoms in total. The normalized spacial score (nSPS) is 24.7. The summed E-state index contributed by atoms with van der Waals surface area (Å²) in [6.45, 7) is 4.44. The average molecular weight is 269 g/mol. The molecule has 2 N–H and O–H groups in total. The first kappa shape index (κ1) is 16.0. The fraction of sp³-hybridized carbons (Fsp3) is 0.867. The predicted octanol–water partition coefficient (Wildman–Crippen LogP) is 2.82. The average Bonchev–Trinajstić information content (AvgIpc) is 2.42. The summed E-state index contributed by atoms with van der Waals surface area (Å²) in [5, 5.41) is 11.9. The molecule has 0 saturated heterocycles. The van der Waals surface area contributed by atoms with E-state index in [9.17, 15) is 9.59 Å². The highest BCUT2D eigenvalue weighted by Gasteiger charge is 2.26. The van der Waals surface area contributed by atoms with E-state index in [4.69, 9.17) is 5.11 Å². The fourth-order valence-electron chi connectivity index (χ4n) is 2.86. The Kier molecular flexibility index (Phi) is 6.89. The van der Waals surface area contributed by atoms with Crippen molar-refractivity contribution in [2.24, 2.45) is 17.8 Å². The molecule has 110 valence electrons. The lowest BCUT2D eigenvalue weighted by molar-refractivity contribution is -0.142. The number of rotatable bonds is 7. The second-order valence-electron chi connectivity index (χ2n) is 5.69. The molecule has 0 heterocycles. The molecule has 0 aromatic rings. The van der Waals surface area contributed by atoms with Gasteiger partial charge < -0.3 is 10.4 Å². The first-order valence-electron chi connectivity index (χ1n) is 7.58. The topological polar surface area (TPSA) is 66.4 Å². The quantitative estimate of drug-likeness (QED) is 0.747. The number of hydrogen-bond acceptors (Lipinski definition) is 2. The Morgan fingerprint density at radius 2 is 1.84 bits per heavy atom. The molecule has 1 fully saturated rings. The van der Waals surface area contributed by atoms with Crippen LogP contribution in [0.3, 0.4) is 0 Å². The van der Waals surface area contributed by atoms with Crippen LogP contribution in [0.15, 0.2) is 0 Å². The van der Waals surface area contributed by atoms with Crippen LogP contribution in [0.4, 0.5) is 0 Å². The van der Waals surface area contributed by atoms with Gasteiger partial charge in [0.1, 0.15) is 0 Å². The van der Waals surface area contributed by atoms with Crippen molar-refractivity contribution in [2.75, 3.05) is 6.54 Å². The molecule has 1 rings (SSSR count). The number of aliphatic carboxylic acids is 1. The third-order valence-corrected chi connectivity index (χ3v) is 4.30. The molecule has 0 bridgehead atoms. The van der Waals surface area contributed by atoms with Gasteiger partial charge in [-0.25, -0.2) is 0 Å². The lowest BCUT2D eigenvalue weighted by atomic mass is 9.80. The minimum atomic E-state index is -0.808. The van der Waals surface area contributed by atoms with E-state index in [1.54, 1.807) is 0 Å². The van der Waals surface area contributed by atoms with Crippen molar-refractivity contribution in [1.29, 1.82) is 0 Å². The highest BCUT2D eigenvalue weighted by molar-refractivity contribution is 5.79. The Labute approximate surface area is 116 Å². The number of carbonyl (C=O) groups excluding carboxylic acids is 1. The summed E-state index contributed by atoms with van der Waals surface area (Å²) in [4.78, 5) is 23.0. The van der Waals surface area contributed by atoms with E-state index in [-0.39, 0.29) is 18.4 Å². The first-order chi connectivity index (χ1) is 9.08. The van der Waals surface area contributed by atoms with Gasteiger partial charge in [-0.05, 0) is 38.0 Å². The second kappa shape index (κ2) is 8.18. The molecule has 1 saturated carbocycles. The van der Waals surface area contributed by atoms with E-state index in [1.165, 1.54) is 6.42 Å². The van der Waals surface area contributed by atoms with Gasteiger partial charge in [-0.2, -0.15) is 0 Å². The van der Waals surface area contributed by atoms with Gasteiger partial charge in [-0.1, -0.05) is 26.7 Å². The van der Waals surface area contributed by atoms with Crippen LogP contribution in [-0.2, 0) is 9.59 Å². The molecule has 1 atom stereocenters. The molecule has 0 spiro atoms. The van der Waals surface area contributed by atoms with Crippen LogP contribution in [-0.4, -0.2) is 23.5 Å². The van der Waals surface area contributed by atoms with Crippen molar-refractivity contribution < 1.29 is 14.7 Å². The maximum Gasteiger partial charge on any atom is 0.308 e. The van der Waals surface area contributed by atoms with E-state index < -0.39 is 11.9 Å². The fourth-order valence-corrected chi connectivity index (χ4v) is 2.86. The lowest BCUT2D eigenvalue weighted by Crippen LogP contribution is -2.38. The lowest BCUT2D eigenvalue weighted by Gasteiger charge is -2.27. The zero-order valence-corrected chi connectivity index (χ0v) is 12.2. The van der Waals surface area contributed by atoms with Gasteiger partial charge in [0.15, 0.2) is 0 Å². The van der Waals surface area contributed by atoms with E-state index in [1.807, 2.05) is 6.92 Å². The molecular weight excluding hydrogens is 242 g/mol. The van der Waals surface area contributed by atoms with Crippen LogP contribution in [0.1, 0.15) is 58.8 Å². The number of carbonyl (C=O) groups is 2. The summed E-state index contributed by atoms with van der Waals surface area (Å²) in [5.74, 6) is -0.329. The Morgan fingerprint density at radius 1 is 1.21 bits per heavy atom. The van der Waals surface area contributed by atoms with Crippen LogP contribution >= 0.6 is 0 Å². The SMILES string of the molecule is CCCC(CNC(=O)C1CCC(CC)CC1)C(=O)O. The predicted molar refractivity (Wildman–Crippen MR) is 74.8 cm³/mol. The van der Waals surface area contributed by atoms with Crippen LogP contribution in [0.2, 0.25) is 0 Å². The van der Waals surface area contributed by atoms with Crippen LogP contribution in [0.5, 0.6) is 0 Å². The minimum absolute atomic E-state index is 0.0527. The third-order valence-electron chi connectivity index (χ3n) is 4.30. The summed E-state index contributed by atoms with van der Waals surface area (Å²) in [6.07, 6.45) is 6.82. The standard InChI is InChI=1S/C15H27NO3/c1-3-5-13(15(18)19)10-16-14(17)12-8-6-11(4-2)7-9-12/h11-13H,3-10H2,1-2H3,(H,16,17)(H,18,19). The molecule has 4 heteroatoms.